The van der Waals surface area contributed by atoms with Crippen LogP contribution in [0.4, 0.5) is 4.39 Å². The second-order valence-electron chi connectivity index (χ2n) is 22.7. The molecule has 422 valence electrons. The van der Waals surface area contributed by atoms with Gasteiger partial charge in [0.2, 0.25) is 0 Å². The number of aliphatic hydroxyl groups excluding tert-OH is 2. The van der Waals surface area contributed by atoms with Gasteiger partial charge >= 0.3 is 5.97 Å². The van der Waals surface area contributed by atoms with Gasteiger partial charge in [-0.05, 0) is 112 Å². The molecule has 3 saturated heterocycles. The largest absolute Gasteiger partial charge is 0.459 e. The Kier molecular flexibility index (Phi) is 21.0. The maximum Gasteiger partial charge on any atom is 0.311 e. The lowest BCUT2D eigenvalue weighted by Crippen LogP contribution is -2.59. The fourth-order valence-electron chi connectivity index (χ4n) is 11.4. The third kappa shape index (κ3) is 14.8. The Hall–Kier alpha value is -3.57. The molecule has 4 N–H and O–H groups in total. The first-order chi connectivity index (χ1) is 35.3. The van der Waals surface area contributed by atoms with Crippen LogP contribution in [0.3, 0.4) is 0 Å². The van der Waals surface area contributed by atoms with Crippen molar-refractivity contribution in [1.29, 1.82) is 0 Å². The summed E-state index contributed by atoms with van der Waals surface area (Å²) in [4.78, 5) is 23.0. The number of pyridine rings is 1. The molecule has 0 saturated carbocycles. The zero-order chi connectivity index (χ0) is 55.2. The predicted octanol–water partition coefficient (Wildman–Crippen LogP) is 6.16. The summed E-state index contributed by atoms with van der Waals surface area (Å²) in [6, 6.07) is 10.5. The minimum atomic E-state index is -1.81. The minimum Gasteiger partial charge on any atom is -0.459 e. The van der Waals surface area contributed by atoms with E-state index < -0.39 is 103 Å². The number of benzene rings is 1. The molecule has 18 nitrogen and oxygen atoms in total. The molecule has 0 radical (unpaired) electrons. The second-order valence-corrected chi connectivity index (χ2v) is 22.7. The lowest BCUT2D eigenvalue weighted by molar-refractivity contribution is -0.299. The molecule has 0 aliphatic carbocycles. The van der Waals surface area contributed by atoms with Crippen molar-refractivity contribution in [3.63, 3.8) is 0 Å². The molecule has 1 aromatic carbocycles. The maximum atomic E-state index is 14.9. The monoisotopic (exact) mass is 1060 g/mol. The fourth-order valence-corrected chi connectivity index (χ4v) is 11.4. The van der Waals surface area contributed by atoms with Crippen molar-refractivity contribution in [1.82, 2.24) is 29.8 Å². The Morgan fingerprint density at radius 2 is 1.61 bits per heavy atom. The van der Waals surface area contributed by atoms with Crippen LogP contribution in [0.1, 0.15) is 130 Å². The molecule has 3 aromatic rings. The maximum absolute atomic E-state index is 14.9. The van der Waals surface area contributed by atoms with Gasteiger partial charge in [-0.2, -0.15) is 0 Å². The molecule has 6 rings (SSSR count). The third-order valence-corrected chi connectivity index (χ3v) is 16.5. The summed E-state index contributed by atoms with van der Waals surface area (Å²) in [5, 5.41) is 56.1. The molecule has 18 atom stereocenters. The number of esters is 1. The molecule has 3 aliphatic rings. The number of alkyl halides is 1. The highest BCUT2D eigenvalue weighted by Gasteiger charge is 2.50. The number of nitrogens with zero attached hydrogens (tertiary/aromatic N) is 6. The van der Waals surface area contributed by atoms with Crippen molar-refractivity contribution in [2.75, 3.05) is 48.1 Å². The van der Waals surface area contributed by atoms with Crippen LogP contribution in [0.15, 0.2) is 48.8 Å². The van der Waals surface area contributed by atoms with Gasteiger partial charge in [0.25, 0.3) is 0 Å². The number of hydrogen-bond donors (Lipinski definition) is 4. The summed E-state index contributed by atoms with van der Waals surface area (Å²) in [7, 11) is 6.98. The number of carbonyl (C=O) groups excluding carboxylic acids is 1. The third-order valence-electron chi connectivity index (χ3n) is 16.5. The van der Waals surface area contributed by atoms with Crippen molar-refractivity contribution < 1.29 is 62.8 Å². The van der Waals surface area contributed by atoms with Gasteiger partial charge in [-0.15, -0.1) is 5.10 Å². The number of aromatic nitrogens is 4. The van der Waals surface area contributed by atoms with E-state index in [2.05, 4.69) is 20.2 Å². The van der Waals surface area contributed by atoms with E-state index in [1.165, 1.54) is 14.0 Å². The zero-order valence-electron chi connectivity index (χ0n) is 47.0. The molecule has 3 fully saturated rings. The second kappa shape index (κ2) is 25.9. The van der Waals surface area contributed by atoms with Crippen LogP contribution in [0.25, 0.3) is 11.1 Å². The molecular weight excluding hydrogens is 968 g/mol. The Morgan fingerprint density at radius 1 is 0.920 bits per heavy atom. The molecule has 2 aromatic heterocycles. The smallest absolute Gasteiger partial charge is 0.311 e. The number of aliphatic hydroxyl groups is 4. The van der Waals surface area contributed by atoms with Gasteiger partial charge in [0.15, 0.2) is 12.6 Å². The first-order valence-corrected chi connectivity index (χ1v) is 27.0. The van der Waals surface area contributed by atoms with Crippen LogP contribution >= 0.6 is 0 Å². The van der Waals surface area contributed by atoms with Crippen LogP contribution < -0.4 is 0 Å². The number of carbonyl (C=O) groups is 1. The van der Waals surface area contributed by atoms with E-state index in [1.807, 2.05) is 89.3 Å². The number of methoxy groups -OCH3 is 2. The highest BCUT2D eigenvalue weighted by Crippen LogP contribution is 2.39. The SMILES string of the molecule is CC[C@H]1OC(=O)[C@H](C)[C@@H](O[C@H]2C[C@@](C)(OC)[C@@H](O)[C@H](C)O2)C[C@@H](O[C@H]2C[C@@H](N(C)CCc3cn([C@H](CF)[C@H](OC)c4ccc(-c5ccc(C)nc5)cc4)nn3)C[C@@H](C)O2)[C@](C)(O)C[C@@H](C)CN(C)[C@H](C)[C@@H](O)[C@]1(C)O. The quantitative estimate of drug-likeness (QED) is 0.118. The number of ether oxygens (including phenoxy) is 7. The normalized spacial score (nSPS) is 36.9. The standard InChI is InChI=1S/C56H89FN6O12/c1-15-46-56(10,68)51(64)37(6)62(12)31-33(2)27-54(8,67)47(26-45(36(5)53(66)75-46)73-49-28-55(9,70-14)52(65)38(7)72-49)74-48-25-43(24-35(4)71-48)61(11)23-22-42-32-63(60-59-42)44(29-57)50(69-13)40-20-18-39(19-21-40)41-17-16-34(3)58-30-41/h16-21,30,32-33,35-38,43-52,64-65,67-68H,15,22-29,31H2,1-14H3/t33-,35-,36-,37-,38+,43+,44-,45+,46-,47-,48+,49+,50-,51-,52+,54-,55-,56-/m1/s1. The van der Waals surface area contributed by atoms with E-state index in [9.17, 15) is 29.6 Å². The Balaban J connectivity index is 1.21. The molecule has 0 bridgehead atoms. The molecular formula is C56H89FN6O12. The molecule has 5 heterocycles. The molecule has 3 aliphatic heterocycles. The van der Waals surface area contributed by atoms with Crippen molar-refractivity contribution in [3.05, 3.63) is 65.7 Å². The van der Waals surface area contributed by atoms with Crippen LogP contribution in [0.5, 0.6) is 0 Å². The zero-order valence-corrected chi connectivity index (χ0v) is 47.0. The van der Waals surface area contributed by atoms with E-state index in [0.29, 0.717) is 38.0 Å². The van der Waals surface area contributed by atoms with Gasteiger partial charge in [0.05, 0.1) is 47.2 Å². The number of aryl methyl sites for hydroxylation is 1. The molecule has 75 heavy (non-hydrogen) atoms. The van der Waals surface area contributed by atoms with Crippen molar-refractivity contribution in [2.24, 2.45) is 11.8 Å². The highest BCUT2D eigenvalue weighted by atomic mass is 19.1. The molecule has 0 spiro atoms. The minimum absolute atomic E-state index is 0.00316. The van der Waals surface area contributed by atoms with Gasteiger partial charge in [0, 0.05) is 88.7 Å². The van der Waals surface area contributed by atoms with Gasteiger partial charge in [-0.3, -0.25) is 9.78 Å². The van der Waals surface area contributed by atoms with Gasteiger partial charge in [-0.1, -0.05) is 49.4 Å². The van der Waals surface area contributed by atoms with Crippen molar-refractivity contribution in [2.45, 2.75) is 211 Å². The van der Waals surface area contributed by atoms with Crippen molar-refractivity contribution >= 4 is 5.97 Å². The van der Waals surface area contributed by atoms with Gasteiger partial charge < -0.3 is 63.4 Å². The fraction of sp³-hybridized carbons (Fsp3) is 0.750. The average molecular weight is 1060 g/mol. The number of cyclic esters (lactones) is 1. The highest BCUT2D eigenvalue weighted by molar-refractivity contribution is 5.73. The van der Waals surface area contributed by atoms with Gasteiger partial charge in [0.1, 0.15) is 42.7 Å². The van der Waals surface area contributed by atoms with E-state index >= 15 is 0 Å². The van der Waals surface area contributed by atoms with Crippen LogP contribution in [-0.4, -0.2) is 188 Å². The number of hydrogen-bond acceptors (Lipinski definition) is 17. The first kappa shape index (κ1) is 60.7. The lowest BCUT2D eigenvalue weighted by Gasteiger charge is -2.46. The number of halogens is 1. The summed E-state index contributed by atoms with van der Waals surface area (Å²) in [6.45, 7) is 18.3. The summed E-state index contributed by atoms with van der Waals surface area (Å²) in [5.41, 5.74) is 0.0689. The first-order valence-electron chi connectivity index (χ1n) is 27.0. The van der Waals surface area contributed by atoms with E-state index in [-0.39, 0.29) is 43.7 Å². The van der Waals surface area contributed by atoms with E-state index in [1.54, 1.807) is 52.6 Å². The molecule has 19 heteroatoms. The van der Waals surface area contributed by atoms with Crippen LogP contribution in [0, 0.1) is 18.8 Å². The lowest BCUT2D eigenvalue weighted by atomic mass is 9.83. The molecule has 0 amide bonds. The summed E-state index contributed by atoms with van der Waals surface area (Å²) >= 11 is 0. The predicted molar refractivity (Wildman–Crippen MR) is 280 cm³/mol. The van der Waals surface area contributed by atoms with Crippen LogP contribution in [0.2, 0.25) is 0 Å². The van der Waals surface area contributed by atoms with E-state index in [4.69, 9.17) is 33.2 Å². The Bertz CT molecular complexity index is 2240. The Labute approximate surface area is 444 Å². The number of likely N-dealkylation sites (N-methyl/N-ethyl adjacent to an activating group) is 2. The summed E-state index contributed by atoms with van der Waals surface area (Å²) in [5.74, 6) is -1.81. The van der Waals surface area contributed by atoms with Crippen molar-refractivity contribution in [3.8, 4) is 11.1 Å². The summed E-state index contributed by atoms with van der Waals surface area (Å²) < 4.78 is 60.7. The average Bonchev–Trinajstić information content (AvgIpc) is 3.84. The van der Waals surface area contributed by atoms with Gasteiger partial charge in [-0.25, -0.2) is 9.07 Å². The number of rotatable bonds is 16. The molecule has 0 unspecified atom stereocenters. The topological polar surface area (TPSA) is 213 Å². The van der Waals surface area contributed by atoms with Crippen LogP contribution in [-0.2, 0) is 44.4 Å². The van der Waals surface area contributed by atoms with E-state index in [0.717, 1.165) is 22.4 Å². The Morgan fingerprint density at radius 3 is 2.24 bits per heavy atom. The summed E-state index contributed by atoms with van der Waals surface area (Å²) in [6.07, 6.45) is -2.56.